The summed E-state index contributed by atoms with van der Waals surface area (Å²) in [4.78, 5) is 0. The summed E-state index contributed by atoms with van der Waals surface area (Å²) in [6.45, 7) is 7.70. The third kappa shape index (κ3) is 2.03. The fourth-order valence-electron chi connectivity index (χ4n) is 7.42. The van der Waals surface area contributed by atoms with Crippen LogP contribution >= 0.6 is 12.6 Å². The predicted molar refractivity (Wildman–Crippen MR) is 98.3 cm³/mol. The zero-order valence-corrected chi connectivity index (χ0v) is 15.7. The Balaban J connectivity index is 1.66. The first-order chi connectivity index (χ1) is 10.5. The Bertz CT molecular complexity index is 480. The highest BCUT2D eigenvalue weighted by Gasteiger charge is 2.57. The molecule has 0 N–H and O–H groups in total. The van der Waals surface area contributed by atoms with Gasteiger partial charge in [0.25, 0.3) is 0 Å². The van der Waals surface area contributed by atoms with Crippen LogP contribution in [-0.2, 0) is 0 Å². The standard InChI is InChI=1S/C21H34S/c1-4-14-6-8-18-17-7-5-15-13-16(22)9-11-21(15,3)19(17)10-12-20(14,18)2/h5,14,16-19,22H,4,6-13H2,1-3H3. The van der Waals surface area contributed by atoms with E-state index in [1.807, 2.05) is 0 Å². The molecule has 0 aromatic rings. The minimum absolute atomic E-state index is 0.522. The molecule has 0 bridgehead atoms. The van der Waals surface area contributed by atoms with E-state index in [2.05, 4.69) is 26.8 Å². The number of thiol groups is 1. The van der Waals surface area contributed by atoms with E-state index in [4.69, 9.17) is 12.6 Å². The quantitative estimate of drug-likeness (QED) is 0.427. The molecular formula is C21H34S. The van der Waals surface area contributed by atoms with Crippen molar-refractivity contribution in [2.45, 2.75) is 83.8 Å². The van der Waals surface area contributed by atoms with Gasteiger partial charge in [-0.05, 0) is 85.9 Å². The zero-order valence-electron chi connectivity index (χ0n) is 14.8. The van der Waals surface area contributed by atoms with Crippen LogP contribution in [0.1, 0.15) is 78.6 Å². The molecule has 4 aliphatic rings. The molecule has 0 nitrogen and oxygen atoms in total. The van der Waals surface area contributed by atoms with Crippen LogP contribution in [0.3, 0.4) is 0 Å². The van der Waals surface area contributed by atoms with Crippen molar-refractivity contribution in [3.63, 3.8) is 0 Å². The summed E-state index contributed by atoms with van der Waals surface area (Å²) < 4.78 is 0. The third-order valence-corrected chi connectivity index (χ3v) is 9.21. The van der Waals surface area contributed by atoms with Gasteiger partial charge in [-0.15, -0.1) is 0 Å². The van der Waals surface area contributed by atoms with Gasteiger partial charge in [-0.2, -0.15) is 12.6 Å². The van der Waals surface area contributed by atoms with Gasteiger partial charge in [-0.3, -0.25) is 0 Å². The smallest absolute Gasteiger partial charge is 0.00545 e. The maximum absolute atomic E-state index is 4.79. The predicted octanol–water partition coefficient (Wildman–Crippen LogP) is 6.27. The lowest BCUT2D eigenvalue weighted by molar-refractivity contribution is -0.0411. The SMILES string of the molecule is CCC1CCC2C3CC=C4CC(S)CCC4(C)C3CCC12C. The lowest BCUT2D eigenvalue weighted by Gasteiger charge is -2.58. The molecule has 3 fully saturated rings. The molecule has 3 saturated carbocycles. The van der Waals surface area contributed by atoms with Gasteiger partial charge in [0, 0.05) is 5.25 Å². The summed E-state index contributed by atoms with van der Waals surface area (Å²) in [6.07, 6.45) is 15.5. The fraction of sp³-hybridized carbons (Fsp3) is 0.905. The van der Waals surface area contributed by atoms with E-state index in [0.717, 1.165) is 23.7 Å². The monoisotopic (exact) mass is 318 g/mol. The Morgan fingerprint density at radius 2 is 1.91 bits per heavy atom. The minimum Gasteiger partial charge on any atom is -0.176 e. The van der Waals surface area contributed by atoms with Crippen molar-refractivity contribution >= 4 is 12.6 Å². The molecule has 22 heavy (non-hydrogen) atoms. The molecule has 0 aromatic heterocycles. The highest BCUT2D eigenvalue weighted by atomic mass is 32.1. The maximum atomic E-state index is 4.79. The molecule has 0 saturated heterocycles. The first-order valence-corrected chi connectivity index (χ1v) is 10.4. The van der Waals surface area contributed by atoms with Crippen LogP contribution in [0, 0.1) is 34.5 Å². The molecule has 7 atom stereocenters. The molecule has 124 valence electrons. The Labute approximate surface area is 142 Å². The van der Waals surface area contributed by atoms with Crippen molar-refractivity contribution in [3.8, 4) is 0 Å². The topological polar surface area (TPSA) is 0 Å². The summed E-state index contributed by atoms with van der Waals surface area (Å²) in [5, 5.41) is 0.626. The van der Waals surface area contributed by atoms with Crippen LogP contribution in [0.2, 0.25) is 0 Å². The third-order valence-electron chi connectivity index (χ3n) is 8.77. The van der Waals surface area contributed by atoms with Crippen molar-refractivity contribution in [1.29, 1.82) is 0 Å². The van der Waals surface area contributed by atoms with Crippen LogP contribution < -0.4 is 0 Å². The summed E-state index contributed by atoms with van der Waals surface area (Å²) in [6, 6.07) is 0. The van der Waals surface area contributed by atoms with Gasteiger partial charge in [0.1, 0.15) is 0 Å². The van der Waals surface area contributed by atoms with Gasteiger partial charge in [-0.1, -0.05) is 38.8 Å². The van der Waals surface area contributed by atoms with Crippen molar-refractivity contribution in [2.24, 2.45) is 34.5 Å². The molecule has 0 radical (unpaired) electrons. The molecule has 0 amide bonds. The largest absolute Gasteiger partial charge is 0.176 e. The summed E-state index contributed by atoms with van der Waals surface area (Å²) in [5.74, 6) is 3.98. The summed E-state index contributed by atoms with van der Waals surface area (Å²) in [7, 11) is 0. The number of rotatable bonds is 1. The highest BCUT2D eigenvalue weighted by Crippen LogP contribution is 2.66. The first-order valence-electron chi connectivity index (χ1n) is 9.86. The molecule has 0 heterocycles. The molecule has 1 heteroatoms. The van der Waals surface area contributed by atoms with Crippen LogP contribution in [0.15, 0.2) is 11.6 Å². The van der Waals surface area contributed by atoms with Gasteiger partial charge in [0.15, 0.2) is 0 Å². The average molecular weight is 319 g/mol. The Hall–Kier alpha value is 0.0900. The molecule has 4 rings (SSSR count). The van der Waals surface area contributed by atoms with Crippen molar-refractivity contribution in [2.75, 3.05) is 0 Å². The van der Waals surface area contributed by atoms with E-state index in [9.17, 15) is 0 Å². The average Bonchev–Trinajstić information content (AvgIpc) is 2.84. The van der Waals surface area contributed by atoms with Gasteiger partial charge in [0.05, 0.1) is 0 Å². The van der Waals surface area contributed by atoms with Gasteiger partial charge >= 0.3 is 0 Å². The Morgan fingerprint density at radius 3 is 2.68 bits per heavy atom. The molecule has 0 aliphatic heterocycles. The highest BCUT2D eigenvalue weighted by molar-refractivity contribution is 7.80. The number of allylic oxidation sites excluding steroid dienone is 2. The van der Waals surface area contributed by atoms with Gasteiger partial charge in [0.2, 0.25) is 0 Å². The number of hydrogen-bond donors (Lipinski definition) is 1. The minimum atomic E-state index is 0.522. The van der Waals surface area contributed by atoms with Crippen molar-refractivity contribution in [3.05, 3.63) is 11.6 Å². The molecule has 4 aliphatic carbocycles. The van der Waals surface area contributed by atoms with E-state index in [0.29, 0.717) is 16.1 Å². The summed E-state index contributed by atoms with van der Waals surface area (Å²) in [5.41, 5.74) is 2.97. The van der Waals surface area contributed by atoms with E-state index in [1.54, 1.807) is 5.57 Å². The van der Waals surface area contributed by atoms with Crippen molar-refractivity contribution in [1.82, 2.24) is 0 Å². The Kier molecular flexibility index (Phi) is 3.76. The van der Waals surface area contributed by atoms with Gasteiger partial charge in [-0.25, -0.2) is 0 Å². The second-order valence-electron chi connectivity index (χ2n) is 9.38. The van der Waals surface area contributed by atoms with Crippen LogP contribution in [-0.4, -0.2) is 5.25 Å². The lowest BCUT2D eigenvalue weighted by atomic mass is 9.47. The van der Waals surface area contributed by atoms with E-state index in [-0.39, 0.29) is 0 Å². The fourth-order valence-corrected chi connectivity index (χ4v) is 7.75. The Morgan fingerprint density at radius 1 is 1.09 bits per heavy atom. The molecule has 0 aromatic carbocycles. The molecule has 7 unspecified atom stereocenters. The zero-order chi connectivity index (χ0) is 15.5. The van der Waals surface area contributed by atoms with Crippen molar-refractivity contribution < 1.29 is 0 Å². The summed E-state index contributed by atoms with van der Waals surface area (Å²) >= 11 is 4.79. The second kappa shape index (κ2) is 5.30. The normalized spacial score (nSPS) is 54.2. The van der Waals surface area contributed by atoms with Crippen LogP contribution in [0.5, 0.6) is 0 Å². The number of fused-ring (bicyclic) bond motifs is 5. The van der Waals surface area contributed by atoms with Crippen LogP contribution in [0.4, 0.5) is 0 Å². The molecule has 0 spiro atoms. The lowest BCUT2D eigenvalue weighted by Crippen LogP contribution is -2.50. The van der Waals surface area contributed by atoms with E-state index in [1.165, 1.54) is 57.8 Å². The van der Waals surface area contributed by atoms with Gasteiger partial charge < -0.3 is 0 Å². The maximum Gasteiger partial charge on any atom is 0.00545 e. The van der Waals surface area contributed by atoms with E-state index >= 15 is 0 Å². The second-order valence-corrected chi connectivity index (χ2v) is 10.1. The first kappa shape index (κ1) is 15.6. The molecular weight excluding hydrogens is 284 g/mol. The van der Waals surface area contributed by atoms with Crippen LogP contribution in [0.25, 0.3) is 0 Å². The van der Waals surface area contributed by atoms with E-state index < -0.39 is 0 Å². The number of hydrogen-bond acceptors (Lipinski definition) is 1.